The highest BCUT2D eigenvalue weighted by atomic mass is 32.1. The van der Waals surface area contributed by atoms with Crippen LogP contribution in [-0.2, 0) is 4.74 Å². The quantitative estimate of drug-likeness (QED) is 0.295. The summed E-state index contributed by atoms with van der Waals surface area (Å²) >= 11 is 1.64. The van der Waals surface area contributed by atoms with Gasteiger partial charge in [-0.25, -0.2) is 4.98 Å². The molecular formula is C23H22N4O2S. The highest BCUT2D eigenvalue weighted by Gasteiger charge is 2.11. The summed E-state index contributed by atoms with van der Waals surface area (Å²) in [5.41, 5.74) is 9.59. The van der Waals surface area contributed by atoms with Crippen molar-refractivity contribution in [3.63, 3.8) is 0 Å². The number of carbonyl (C=O) groups excluding carboxylic acids is 1. The molecule has 0 spiro atoms. The molecule has 0 saturated carbocycles. The first-order valence-corrected chi connectivity index (χ1v) is 10.4. The lowest BCUT2D eigenvalue weighted by atomic mass is 10.1. The van der Waals surface area contributed by atoms with Crippen molar-refractivity contribution in [3.05, 3.63) is 71.6 Å². The van der Waals surface area contributed by atoms with Gasteiger partial charge in [-0.2, -0.15) is 0 Å². The van der Waals surface area contributed by atoms with Crippen LogP contribution in [0.2, 0.25) is 0 Å². The molecule has 30 heavy (non-hydrogen) atoms. The summed E-state index contributed by atoms with van der Waals surface area (Å²) in [6.07, 6.45) is 0. The van der Waals surface area contributed by atoms with Crippen molar-refractivity contribution in [2.24, 2.45) is 0 Å². The number of fused-ring (bicyclic) bond motifs is 1. The fourth-order valence-electron chi connectivity index (χ4n) is 3.10. The molecule has 4 N–H and O–H groups in total. The summed E-state index contributed by atoms with van der Waals surface area (Å²) in [6, 6.07) is 19.0. The van der Waals surface area contributed by atoms with Crippen molar-refractivity contribution in [3.8, 4) is 10.4 Å². The van der Waals surface area contributed by atoms with Gasteiger partial charge < -0.3 is 21.1 Å². The minimum absolute atomic E-state index is 0.214. The number of pyridine rings is 1. The summed E-state index contributed by atoms with van der Waals surface area (Å²) in [6.45, 7) is 1.29. The number of thiophene rings is 1. The van der Waals surface area contributed by atoms with Crippen molar-refractivity contribution >= 4 is 45.3 Å². The normalized spacial score (nSPS) is 10.8. The number of aromatic nitrogens is 1. The van der Waals surface area contributed by atoms with Crippen LogP contribution in [0.4, 0.5) is 17.2 Å². The molecule has 0 radical (unpaired) electrons. The van der Waals surface area contributed by atoms with Gasteiger partial charge in [-0.3, -0.25) is 4.79 Å². The van der Waals surface area contributed by atoms with Gasteiger partial charge in [0.2, 0.25) is 0 Å². The fourth-order valence-corrected chi connectivity index (χ4v) is 3.83. The second kappa shape index (κ2) is 8.94. The Morgan fingerprint density at radius 3 is 2.83 bits per heavy atom. The van der Waals surface area contributed by atoms with Crippen molar-refractivity contribution in [1.29, 1.82) is 0 Å². The van der Waals surface area contributed by atoms with Crippen LogP contribution in [0, 0.1) is 0 Å². The maximum Gasteiger partial charge on any atom is 0.255 e. The molecule has 4 aromatic rings. The predicted octanol–water partition coefficient (Wildman–Crippen LogP) is 4.86. The van der Waals surface area contributed by atoms with Gasteiger partial charge in [-0.15, -0.1) is 11.3 Å². The predicted molar refractivity (Wildman–Crippen MR) is 124 cm³/mol. The number of nitrogens with zero attached hydrogens (tertiary/aromatic N) is 1. The first-order chi connectivity index (χ1) is 14.6. The number of carbonyl (C=O) groups is 1. The largest absolute Gasteiger partial charge is 0.397 e. The average molecular weight is 419 g/mol. The topological polar surface area (TPSA) is 89.3 Å². The van der Waals surface area contributed by atoms with E-state index >= 15 is 0 Å². The van der Waals surface area contributed by atoms with Gasteiger partial charge in [-0.1, -0.05) is 12.1 Å². The Morgan fingerprint density at radius 1 is 1.13 bits per heavy atom. The lowest BCUT2D eigenvalue weighted by molar-refractivity contribution is 0.102. The Balaban J connectivity index is 1.53. The van der Waals surface area contributed by atoms with Gasteiger partial charge in [0.15, 0.2) is 0 Å². The molecule has 4 rings (SSSR count). The van der Waals surface area contributed by atoms with E-state index in [1.54, 1.807) is 24.5 Å². The Labute approximate surface area is 178 Å². The minimum atomic E-state index is -0.214. The van der Waals surface area contributed by atoms with E-state index in [4.69, 9.17) is 10.5 Å². The Bertz CT molecular complexity index is 1180. The number of ether oxygens (including phenoxy) is 1. The van der Waals surface area contributed by atoms with Crippen molar-refractivity contribution in [1.82, 2.24) is 4.98 Å². The van der Waals surface area contributed by atoms with Gasteiger partial charge in [-0.05, 0) is 59.5 Å². The molecule has 2 heterocycles. The molecule has 0 atom stereocenters. The zero-order valence-corrected chi connectivity index (χ0v) is 17.3. The lowest BCUT2D eigenvalue weighted by Gasteiger charge is -2.11. The maximum absolute atomic E-state index is 12.8. The second-order valence-corrected chi connectivity index (χ2v) is 7.70. The van der Waals surface area contributed by atoms with Gasteiger partial charge >= 0.3 is 0 Å². The highest BCUT2D eigenvalue weighted by molar-refractivity contribution is 7.13. The molecule has 0 bridgehead atoms. The summed E-state index contributed by atoms with van der Waals surface area (Å²) in [7, 11) is 1.66. The number of nitrogens with two attached hydrogens (primary N) is 1. The molecule has 7 heteroatoms. The van der Waals surface area contributed by atoms with Crippen LogP contribution in [0.15, 0.2) is 66.0 Å². The van der Waals surface area contributed by atoms with Crippen molar-refractivity contribution < 1.29 is 9.53 Å². The first-order valence-electron chi connectivity index (χ1n) is 9.52. The summed E-state index contributed by atoms with van der Waals surface area (Å²) in [4.78, 5) is 18.5. The van der Waals surface area contributed by atoms with E-state index in [0.29, 0.717) is 30.1 Å². The van der Waals surface area contributed by atoms with Crippen molar-refractivity contribution in [2.45, 2.75) is 0 Å². The number of nitrogens with one attached hydrogen (secondary N) is 2. The van der Waals surface area contributed by atoms with Crippen LogP contribution in [0.25, 0.3) is 21.3 Å². The Morgan fingerprint density at radius 2 is 2.03 bits per heavy atom. The maximum atomic E-state index is 12.8. The van der Waals surface area contributed by atoms with Crippen LogP contribution in [0.3, 0.4) is 0 Å². The molecule has 0 saturated heterocycles. The molecule has 0 aliphatic rings. The lowest BCUT2D eigenvalue weighted by Crippen LogP contribution is -2.13. The molecule has 1 amide bonds. The molecule has 0 aliphatic heterocycles. The number of methoxy groups -OCH3 is 1. The SMILES string of the molecule is COCCNc1ccc2cc(C(=O)Nc3cc(-c4cccs4)ccc3N)ccc2n1. The summed E-state index contributed by atoms with van der Waals surface area (Å²) < 4.78 is 5.04. The number of hydrogen-bond donors (Lipinski definition) is 3. The van der Waals surface area contributed by atoms with E-state index in [-0.39, 0.29) is 5.91 Å². The number of benzene rings is 2. The molecule has 0 unspecified atom stereocenters. The zero-order chi connectivity index (χ0) is 20.9. The third kappa shape index (κ3) is 4.42. The molecule has 6 nitrogen and oxygen atoms in total. The molecule has 0 fully saturated rings. The number of hydrogen-bond acceptors (Lipinski definition) is 6. The molecule has 2 aromatic carbocycles. The summed E-state index contributed by atoms with van der Waals surface area (Å²) in [5, 5.41) is 9.04. The number of nitrogen functional groups attached to an aromatic ring is 1. The van der Waals surface area contributed by atoms with Crippen LogP contribution in [0.1, 0.15) is 10.4 Å². The highest BCUT2D eigenvalue weighted by Crippen LogP contribution is 2.30. The third-order valence-corrected chi connectivity index (χ3v) is 5.59. The Hall–Kier alpha value is -3.42. The Kier molecular flexibility index (Phi) is 5.92. The number of anilines is 3. The van der Waals surface area contributed by atoms with Gasteiger partial charge in [0.05, 0.1) is 23.5 Å². The van der Waals surface area contributed by atoms with E-state index in [1.807, 2.05) is 60.0 Å². The number of amides is 1. The molecule has 152 valence electrons. The van der Waals surface area contributed by atoms with Gasteiger partial charge in [0, 0.05) is 29.5 Å². The summed E-state index contributed by atoms with van der Waals surface area (Å²) in [5.74, 6) is 0.559. The smallest absolute Gasteiger partial charge is 0.255 e. The third-order valence-electron chi connectivity index (χ3n) is 4.67. The van der Waals surface area contributed by atoms with E-state index in [9.17, 15) is 4.79 Å². The van der Waals surface area contributed by atoms with Crippen LogP contribution < -0.4 is 16.4 Å². The molecule has 2 aromatic heterocycles. The molecular weight excluding hydrogens is 396 g/mol. The zero-order valence-electron chi connectivity index (χ0n) is 16.5. The standard InChI is InChI=1S/C23H22N4O2S/c1-29-11-10-25-22-9-6-15-13-17(5-8-19(15)26-22)23(28)27-20-14-16(4-7-18(20)24)21-3-2-12-30-21/h2-9,12-14H,10-11,24H2,1H3,(H,25,26)(H,27,28). The van der Waals surface area contributed by atoms with E-state index < -0.39 is 0 Å². The number of rotatable bonds is 7. The van der Waals surface area contributed by atoms with E-state index in [2.05, 4.69) is 15.6 Å². The second-order valence-electron chi connectivity index (χ2n) is 6.76. The fraction of sp³-hybridized carbons (Fsp3) is 0.130. The van der Waals surface area contributed by atoms with Crippen LogP contribution in [0.5, 0.6) is 0 Å². The monoisotopic (exact) mass is 418 g/mol. The van der Waals surface area contributed by atoms with E-state index in [0.717, 1.165) is 27.2 Å². The van der Waals surface area contributed by atoms with Gasteiger partial charge in [0.1, 0.15) is 5.82 Å². The average Bonchev–Trinajstić information content (AvgIpc) is 3.30. The first kappa shape index (κ1) is 19.9. The van der Waals surface area contributed by atoms with Gasteiger partial charge in [0.25, 0.3) is 5.91 Å². The van der Waals surface area contributed by atoms with Crippen LogP contribution in [-0.4, -0.2) is 31.2 Å². The van der Waals surface area contributed by atoms with Crippen molar-refractivity contribution in [2.75, 3.05) is 36.6 Å². The van der Waals surface area contributed by atoms with E-state index in [1.165, 1.54) is 0 Å². The molecule has 0 aliphatic carbocycles. The van der Waals surface area contributed by atoms with Crippen LogP contribution >= 0.6 is 11.3 Å². The minimum Gasteiger partial charge on any atom is -0.397 e.